The number of rotatable bonds is 7. The van der Waals surface area contributed by atoms with Crippen LogP contribution in [0.1, 0.15) is 47.4 Å². The third-order valence-electron chi connectivity index (χ3n) is 3.57. The topological polar surface area (TPSA) is 84.5 Å². The third kappa shape index (κ3) is 5.44. The lowest BCUT2D eigenvalue weighted by Crippen LogP contribution is -2.13. The maximum atomic E-state index is 12.3. The first-order valence-electron chi connectivity index (χ1n) is 8.52. The summed E-state index contributed by atoms with van der Waals surface area (Å²) in [5.74, 6) is -0.742. The molecular formula is C20H22N2O4. The number of amides is 2. The first-order valence-corrected chi connectivity index (χ1v) is 8.52. The van der Waals surface area contributed by atoms with Gasteiger partial charge in [0.05, 0.1) is 12.2 Å². The van der Waals surface area contributed by atoms with E-state index in [1.807, 2.05) is 6.92 Å². The summed E-state index contributed by atoms with van der Waals surface area (Å²) in [5, 5.41) is 5.48. The molecule has 2 aromatic carbocycles. The van der Waals surface area contributed by atoms with Crippen LogP contribution in [0.25, 0.3) is 0 Å². The monoisotopic (exact) mass is 354 g/mol. The lowest BCUT2D eigenvalue weighted by Gasteiger charge is -2.08. The number of carbonyl (C=O) groups excluding carboxylic acids is 3. The van der Waals surface area contributed by atoms with Crippen molar-refractivity contribution in [3.8, 4) is 0 Å². The number of nitrogens with one attached hydrogen (secondary N) is 2. The highest BCUT2D eigenvalue weighted by Crippen LogP contribution is 2.14. The maximum Gasteiger partial charge on any atom is 0.338 e. The second-order valence-corrected chi connectivity index (χ2v) is 5.65. The van der Waals surface area contributed by atoms with Crippen LogP contribution in [0.15, 0.2) is 48.5 Å². The fourth-order valence-electron chi connectivity index (χ4n) is 2.13. The molecule has 2 rings (SSSR count). The molecule has 0 saturated heterocycles. The van der Waals surface area contributed by atoms with Gasteiger partial charge in [-0.05, 0) is 55.0 Å². The molecule has 0 heterocycles. The van der Waals surface area contributed by atoms with E-state index in [0.29, 0.717) is 35.5 Å². The molecule has 0 aliphatic rings. The summed E-state index contributed by atoms with van der Waals surface area (Å²) in [7, 11) is 0. The summed E-state index contributed by atoms with van der Waals surface area (Å²) < 4.78 is 5.06. The minimum atomic E-state index is -0.380. The van der Waals surface area contributed by atoms with Crippen molar-refractivity contribution in [1.82, 2.24) is 0 Å². The molecule has 26 heavy (non-hydrogen) atoms. The molecular weight excluding hydrogens is 332 g/mol. The lowest BCUT2D eigenvalue weighted by atomic mass is 10.1. The molecule has 2 amide bonds. The molecule has 0 aromatic heterocycles. The van der Waals surface area contributed by atoms with Crippen LogP contribution in [0.2, 0.25) is 0 Å². The molecule has 0 atom stereocenters. The Morgan fingerprint density at radius 2 is 1.35 bits per heavy atom. The average Bonchev–Trinajstić information content (AvgIpc) is 2.67. The van der Waals surface area contributed by atoms with Crippen LogP contribution in [-0.4, -0.2) is 24.4 Å². The van der Waals surface area contributed by atoms with E-state index in [-0.39, 0.29) is 17.8 Å². The number of anilines is 2. The molecule has 0 aliphatic carbocycles. The quantitative estimate of drug-likeness (QED) is 0.740. The van der Waals surface area contributed by atoms with Gasteiger partial charge in [0.2, 0.25) is 5.91 Å². The molecule has 136 valence electrons. The number of benzene rings is 2. The van der Waals surface area contributed by atoms with Gasteiger partial charge in [-0.2, -0.15) is 0 Å². The van der Waals surface area contributed by atoms with Gasteiger partial charge in [-0.25, -0.2) is 4.79 Å². The number of hydrogen-bond acceptors (Lipinski definition) is 4. The van der Waals surface area contributed by atoms with Crippen molar-refractivity contribution in [3.63, 3.8) is 0 Å². The van der Waals surface area contributed by atoms with Crippen LogP contribution in [0.4, 0.5) is 11.4 Å². The van der Waals surface area contributed by atoms with Gasteiger partial charge < -0.3 is 15.4 Å². The van der Waals surface area contributed by atoms with Gasteiger partial charge in [0.25, 0.3) is 5.91 Å². The van der Waals surface area contributed by atoms with Gasteiger partial charge in [0.15, 0.2) is 0 Å². The zero-order valence-corrected chi connectivity index (χ0v) is 14.9. The summed E-state index contributed by atoms with van der Waals surface area (Å²) >= 11 is 0. The van der Waals surface area contributed by atoms with Crippen molar-refractivity contribution in [2.75, 3.05) is 17.2 Å². The van der Waals surface area contributed by atoms with Crippen LogP contribution in [0.5, 0.6) is 0 Å². The Morgan fingerprint density at radius 1 is 0.808 bits per heavy atom. The van der Waals surface area contributed by atoms with Gasteiger partial charge in [0, 0.05) is 23.4 Å². The summed E-state index contributed by atoms with van der Waals surface area (Å²) in [4.78, 5) is 35.4. The van der Waals surface area contributed by atoms with Gasteiger partial charge in [-0.3, -0.25) is 9.59 Å². The van der Waals surface area contributed by atoms with Crippen molar-refractivity contribution in [2.24, 2.45) is 0 Å². The van der Waals surface area contributed by atoms with Crippen molar-refractivity contribution >= 4 is 29.2 Å². The molecule has 6 heteroatoms. The van der Waals surface area contributed by atoms with Crippen molar-refractivity contribution in [1.29, 1.82) is 0 Å². The number of ether oxygens (including phenoxy) is 1. The highest BCUT2D eigenvalue weighted by Gasteiger charge is 2.09. The minimum Gasteiger partial charge on any atom is -0.462 e. The fourth-order valence-corrected chi connectivity index (χ4v) is 2.13. The van der Waals surface area contributed by atoms with Gasteiger partial charge in [-0.1, -0.05) is 13.8 Å². The third-order valence-corrected chi connectivity index (χ3v) is 3.57. The minimum absolute atomic E-state index is 0.0836. The molecule has 0 spiro atoms. The molecule has 0 bridgehead atoms. The van der Waals surface area contributed by atoms with E-state index in [0.717, 1.165) is 6.42 Å². The average molecular weight is 354 g/mol. The van der Waals surface area contributed by atoms with E-state index < -0.39 is 0 Å². The maximum absolute atomic E-state index is 12.3. The predicted molar refractivity (Wildman–Crippen MR) is 100 cm³/mol. The van der Waals surface area contributed by atoms with E-state index in [2.05, 4.69) is 10.6 Å². The number of carbonyl (C=O) groups is 3. The smallest absolute Gasteiger partial charge is 0.338 e. The van der Waals surface area contributed by atoms with Crippen molar-refractivity contribution in [2.45, 2.75) is 26.7 Å². The number of hydrogen-bond donors (Lipinski definition) is 2. The Hall–Kier alpha value is -3.15. The van der Waals surface area contributed by atoms with E-state index in [9.17, 15) is 14.4 Å². The highest BCUT2D eigenvalue weighted by molar-refractivity contribution is 6.05. The Morgan fingerprint density at radius 3 is 1.88 bits per heavy atom. The molecule has 0 radical (unpaired) electrons. The molecule has 0 unspecified atom stereocenters. The van der Waals surface area contributed by atoms with Crippen LogP contribution in [-0.2, 0) is 9.53 Å². The van der Waals surface area contributed by atoms with E-state index in [1.54, 1.807) is 55.5 Å². The fraction of sp³-hybridized carbons (Fsp3) is 0.250. The van der Waals surface area contributed by atoms with Crippen LogP contribution in [0.3, 0.4) is 0 Å². The Kier molecular flexibility index (Phi) is 6.91. The van der Waals surface area contributed by atoms with Crippen molar-refractivity contribution < 1.29 is 19.1 Å². The highest BCUT2D eigenvalue weighted by atomic mass is 16.5. The first kappa shape index (κ1) is 19.2. The molecule has 0 saturated carbocycles. The summed E-state index contributed by atoms with van der Waals surface area (Å²) in [6.45, 7) is 4.08. The SMILES string of the molecule is CCCOC(=O)c1ccc(NC(=O)c2ccc(NC(=O)CC)cc2)cc1. The van der Waals surface area contributed by atoms with E-state index in [4.69, 9.17) is 4.74 Å². The number of esters is 1. The van der Waals surface area contributed by atoms with E-state index >= 15 is 0 Å². The van der Waals surface area contributed by atoms with Crippen LogP contribution >= 0.6 is 0 Å². The molecule has 2 aromatic rings. The normalized spacial score (nSPS) is 10.1. The lowest BCUT2D eigenvalue weighted by molar-refractivity contribution is -0.115. The zero-order valence-electron chi connectivity index (χ0n) is 14.9. The molecule has 0 fully saturated rings. The summed E-state index contributed by atoms with van der Waals surface area (Å²) in [5.41, 5.74) is 2.12. The van der Waals surface area contributed by atoms with Crippen LogP contribution < -0.4 is 10.6 Å². The first-order chi connectivity index (χ1) is 12.5. The van der Waals surface area contributed by atoms with Gasteiger partial charge in [0.1, 0.15) is 0 Å². The second-order valence-electron chi connectivity index (χ2n) is 5.65. The van der Waals surface area contributed by atoms with E-state index in [1.165, 1.54) is 0 Å². The summed E-state index contributed by atoms with van der Waals surface area (Å²) in [6, 6.07) is 13.1. The molecule has 0 aliphatic heterocycles. The zero-order chi connectivity index (χ0) is 18.9. The van der Waals surface area contributed by atoms with Gasteiger partial charge >= 0.3 is 5.97 Å². The molecule has 6 nitrogen and oxygen atoms in total. The molecule has 2 N–H and O–H groups in total. The largest absolute Gasteiger partial charge is 0.462 e. The Bertz CT molecular complexity index is 767. The van der Waals surface area contributed by atoms with Gasteiger partial charge in [-0.15, -0.1) is 0 Å². The predicted octanol–water partition coefficient (Wildman–Crippen LogP) is 3.85. The standard InChI is InChI=1S/C20H22N2O4/c1-3-13-26-20(25)15-7-11-17(12-8-15)22-19(24)14-5-9-16(10-6-14)21-18(23)4-2/h5-12H,3-4,13H2,1-2H3,(H,21,23)(H,22,24). The van der Waals surface area contributed by atoms with Crippen LogP contribution in [0, 0.1) is 0 Å². The van der Waals surface area contributed by atoms with Crippen molar-refractivity contribution in [3.05, 3.63) is 59.7 Å². The summed E-state index contributed by atoms with van der Waals surface area (Å²) in [6.07, 6.45) is 1.16. The Labute approximate surface area is 152 Å². The second kappa shape index (κ2) is 9.36. The Balaban J connectivity index is 1.96.